The van der Waals surface area contributed by atoms with Gasteiger partial charge in [0.15, 0.2) is 0 Å². The number of rotatable bonds is 5. The van der Waals surface area contributed by atoms with E-state index in [1.165, 1.54) is 0 Å². The fourth-order valence-corrected chi connectivity index (χ4v) is 1.92. The van der Waals surface area contributed by atoms with Gasteiger partial charge in [-0.15, -0.1) is 0 Å². The van der Waals surface area contributed by atoms with E-state index in [0.717, 1.165) is 11.1 Å². The standard InChI is InChI=1S/C16H16ClNO2/c17-14-8-6-12(7-9-14)10-15(18)16(19)20-11-13-4-2-1-3-5-13/h1-9,15H,10-11,18H2. The van der Waals surface area contributed by atoms with Crippen LogP contribution in [0.4, 0.5) is 0 Å². The first-order chi connectivity index (χ1) is 9.65. The second-order valence-electron chi connectivity index (χ2n) is 4.53. The minimum atomic E-state index is -0.667. The van der Waals surface area contributed by atoms with Gasteiger partial charge in [0, 0.05) is 5.02 Å². The molecule has 20 heavy (non-hydrogen) atoms. The Labute approximate surface area is 123 Å². The van der Waals surface area contributed by atoms with Crippen molar-refractivity contribution in [3.63, 3.8) is 0 Å². The molecule has 0 saturated carbocycles. The summed E-state index contributed by atoms with van der Waals surface area (Å²) in [6, 6.07) is 16.1. The summed E-state index contributed by atoms with van der Waals surface area (Å²) in [7, 11) is 0. The van der Waals surface area contributed by atoms with Crippen LogP contribution in [0.15, 0.2) is 54.6 Å². The van der Waals surface area contributed by atoms with Gasteiger partial charge in [-0.25, -0.2) is 0 Å². The number of halogens is 1. The third-order valence-corrected chi connectivity index (χ3v) is 3.15. The van der Waals surface area contributed by atoms with Crippen LogP contribution in [0.1, 0.15) is 11.1 Å². The van der Waals surface area contributed by atoms with Crippen LogP contribution >= 0.6 is 11.6 Å². The Morgan fingerprint density at radius 2 is 1.70 bits per heavy atom. The molecule has 4 heteroatoms. The van der Waals surface area contributed by atoms with Gasteiger partial charge in [0.2, 0.25) is 0 Å². The van der Waals surface area contributed by atoms with Crippen molar-refractivity contribution in [1.29, 1.82) is 0 Å². The number of nitrogens with two attached hydrogens (primary N) is 1. The monoisotopic (exact) mass is 289 g/mol. The molecule has 2 aromatic carbocycles. The molecule has 0 aromatic heterocycles. The Morgan fingerprint density at radius 3 is 2.35 bits per heavy atom. The summed E-state index contributed by atoms with van der Waals surface area (Å²) in [5, 5.41) is 0.661. The van der Waals surface area contributed by atoms with E-state index in [1.54, 1.807) is 12.1 Å². The zero-order chi connectivity index (χ0) is 14.4. The zero-order valence-corrected chi connectivity index (χ0v) is 11.7. The lowest BCUT2D eigenvalue weighted by Gasteiger charge is -2.11. The summed E-state index contributed by atoms with van der Waals surface area (Å²) in [6.07, 6.45) is 0.435. The van der Waals surface area contributed by atoms with Crippen LogP contribution in [0.5, 0.6) is 0 Å². The van der Waals surface area contributed by atoms with Gasteiger partial charge < -0.3 is 10.5 Å². The van der Waals surface area contributed by atoms with Crippen LogP contribution in [-0.2, 0) is 22.6 Å². The first kappa shape index (κ1) is 14.6. The smallest absolute Gasteiger partial charge is 0.323 e. The van der Waals surface area contributed by atoms with E-state index in [1.807, 2.05) is 42.5 Å². The van der Waals surface area contributed by atoms with Crippen molar-refractivity contribution in [2.24, 2.45) is 5.73 Å². The number of benzene rings is 2. The molecule has 3 nitrogen and oxygen atoms in total. The molecular formula is C16H16ClNO2. The molecule has 0 aliphatic heterocycles. The third kappa shape index (κ3) is 4.37. The molecular weight excluding hydrogens is 274 g/mol. The predicted octanol–water partition coefficient (Wildman–Crippen LogP) is 2.95. The molecule has 2 N–H and O–H groups in total. The first-order valence-electron chi connectivity index (χ1n) is 6.36. The molecule has 0 aliphatic carbocycles. The van der Waals surface area contributed by atoms with Crippen LogP contribution in [-0.4, -0.2) is 12.0 Å². The fourth-order valence-electron chi connectivity index (χ4n) is 1.79. The van der Waals surface area contributed by atoms with Crippen molar-refractivity contribution < 1.29 is 9.53 Å². The zero-order valence-electron chi connectivity index (χ0n) is 11.0. The normalized spacial score (nSPS) is 11.9. The molecule has 1 atom stereocenters. The first-order valence-corrected chi connectivity index (χ1v) is 6.73. The lowest BCUT2D eigenvalue weighted by Crippen LogP contribution is -2.34. The highest BCUT2D eigenvalue weighted by molar-refractivity contribution is 6.30. The summed E-state index contributed by atoms with van der Waals surface area (Å²) in [5.41, 5.74) is 7.74. The molecule has 2 aromatic rings. The second kappa shape index (κ2) is 7.08. The Bertz CT molecular complexity index is 554. The largest absolute Gasteiger partial charge is 0.460 e. The van der Waals surface area contributed by atoms with E-state index in [0.29, 0.717) is 11.4 Å². The summed E-state index contributed by atoms with van der Waals surface area (Å²) >= 11 is 5.81. The van der Waals surface area contributed by atoms with Gasteiger partial charge >= 0.3 is 5.97 Å². The molecule has 2 rings (SSSR count). The number of carbonyl (C=O) groups excluding carboxylic acids is 1. The van der Waals surface area contributed by atoms with Crippen LogP contribution in [0.3, 0.4) is 0 Å². The van der Waals surface area contributed by atoms with E-state index in [9.17, 15) is 4.79 Å². The summed E-state index contributed by atoms with van der Waals surface area (Å²) in [4.78, 5) is 11.8. The SMILES string of the molecule is NC(Cc1ccc(Cl)cc1)C(=O)OCc1ccccc1. The topological polar surface area (TPSA) is 52.3 Å². The lowest BCUT2D eigenvalue weighted by molar-refractivity contribution is -0.146. The predicted molar refractivity (Wildman–Crippen MR) is 79.4 cm³/mol. The number of hydrogen-bond donors (Lipinski definition) is 1. The molecule has 1 unspecified atom stereocenters. The molecule has 104 valence electrons. The van der Waals surface area contributed by atoms with Crippen molar-refractivity contribution in [2.45, 2.75) is 19.1 Å². The second-order valence-corrected chi connectivity index (χ2v) is 4.97. The summed E-state index contributed by atoms with van der Waals surface area (Å²) in [6.45, 7) is 0.244. The van der Waals surface area contributed by atoms with Crippen LogP contribution in [0, 0.1) is 0 Å². The lowest BCUT2D eigenvalue weighted by atomic mass is 10.1. The van der Waals surface area contributed by atoms with E-state index in [-0.39, 0.29) is 6.61 Å². The molecule has 0 saturated heterocycles. The highest BCUT2D eigenvalue weighted by Gasteiger charge is 2.15. The van der Waals surface area contributed by atoms with Crippen molar-refractivity contribution >= 4 is 17.6 Å². The average Bonchev–Trinajstić information content (AvgIpc) is 2.48. The van der Waals surface area contributed by atoms with E-state index < -0.39 is 12.0 Å². The van der Waals surface area contributed by atoms with E-state index in [2.05, 4.69) is 0 Å². The number of hydrogen-bond acceptors (Lipinski definition) is 3. The van der Waals surface area contributed by atoms with Gasteiger partial charge in [-0.2, -0.15) is 0 Å². The Morgan fingerprint density at radius 1 is 1.05 bits per heavy atom. The minimum absolute atomic E-state index is 0.244. The quantitative estimate of drug-likeness (QED) is 0.861. The van der Waals surface area contributed by atoms with Crippen LogP contribution < -0.4 is 5.73 Å². The summed E-state index contributed by atoms with van der Waals surface area (Å²) < 4.78 is 5.20. The highest BCUT2D eigenvalue weighted by Crippen LogP contribution is 2.11. The number of ether oxygens (including phenoxy) is 1. The van der Waals surface area contributed by atoms with Crippen molar-refractivity contribution in [2.75, 3.05) is 0 Å². The van der Waals surface area contributed by atoms with E-state index >= 15 is 0 Å². The maximum absolute atomic E-state index is 11.8. The van der Waals surface area contributed by atoms with Crippen LogP contribution in [0.25, 0.3) is 0 Å². The third-order valence-electron chi connectivity index (χ3n) is 2.90. The molecule has 0 aliphatic rings. The number of carbonyl (C=O) groups is 1. The van der Waals surface area contributed by atoms with Gasteiger partial charge in [0.05, 0.1) is 0 Å². The highest BCUT2D eigenvalue weighted by atomic mass is 35.5. The maximum Gasteiger partial charge on any atom is 0.323 e. The van der Waals surface area contributed by atoms with Crippen molar-refractivity contribution in [3.8, 4) is 0 Å². The summed E-state index contributed by atoms with van der Waals surface area (Å²) in [5.74, 6) is -0.399. The minimum Gasteiger partial charge on any atom is -0.460 e. The molecule has 0 fully saturated rings. The van der Waals surface area contributed by atoms with Gasteiger partial charge in [-0.1, -0.05) is 54.1 Å². The molecule has 0 heterocycles. The van der Waals surface area contributed by atoms with Gasteiger partial charge in [0.25, 0.3) is 0 Å². The number of esters is 1. The Kier molecular flexibility index (Phi) is 5.16. The van der Waals surface area contributed by atoms with E-state index in [4.69, 9.17) is 22.1 Å². The average molecular weight is 290 g/mol. The van der Waals surface area contributed by atoms with Gasteiger partial charge in [0.1, 0.15) is 12.6 Å². The van der Waals surface area contributed by atoms with Gasteiger partial charge in [-0.3, -0.25) is 4.79 Å². The fraction of sp³-hybridized carbons (Fsp3) is 0.188. The van der Waals surface area contributed by atoms with Gasteiger partial charge in [-0.05, 0) is 29.7 Å². The Balaban J connectivity index is 1.84. The van der Waals surface area contributed by atoms with Crippen molar-refractivity contribution in [3.05, 3.63) is 70.7 Å². The van der Waals surface area contributed by atoms with Crippen molar-refractivity contribution in [1.82, 2.24) is 0 Å². The van der Waals surface area contributed by atoms with Crippen LogP contribution in [0.2, 0.25) is 5.02 Å². The maximum atomic E-state index is 11.8. The molecule has 0 bridgehead atoms. The molecule has 0 radical (unpaired) electrons. The Hall–Kier alpha value is -1.84. The molecule has 0 spiro atoms. The molecule has 0 amide bonds.